The molecule has 2 aromatic heterocycles. The number of benzene rings is 2. The molecule has 34 heavy (non-hydrogen) atoms. The molecule has 4 aromatic rings. The van der Waals surface area contributed by atoms with Crippen LogP contribution in [-0.2, 0) is 10.5 Å². The molecule has 0 aliphatic heterocycles. The van der Waals surface area contributed by atoms with Gasteiger partial charge in [-0.2, -0.15) is 5.10 Å². The van der Waals surface area contributed by atoms with Gasteiger partial charge in [-0.15, -0.1) is 11.8 Å². The number of carbonyl (C=O) groups is 2. The third kappa shape index (κ3) is 5.52. The first-order valence-electron chi connectivity index (χ1n) is 10.8. The molecule has 4 rings (SSSR count). The third-order valence-corrected chi connectivity index (χ3v) is 6.20. The van der Waals surface area contributed by atoms with Gasteiger partial charge < -0.3 is 10.1 Å². The maximum Gasteiger partial charge on any atom is 0.341 e. The van der Waals surface area contributed by atoms with Crippen LogP contribution in [0.25, 0.3) is 5.69 Å². The van der Waals surface area contributed by atoms with Crippen molar-refractivity contribution in [3.63, 3.8) is 0 Å². The third-order valence-electron chi connectivity index (χ3n) is 5.12. The van der Waals surface area contributed by atoms with Gasteiger partial charge in [-0.3, -0.25) is 9.78 Å². The van der Waals surface area contributed by atoms with Crippen LogP contribution in [0.4, 0.5) is 5.69 Å². The Kier molecular flexibility index (Phi) is 7.39. The van der Waals surface area contributed by atoms with E-state index < -0.39 is 5.97 Å². The molecule has 0 aliphatic rings. The van der Waals surface area contributed by atoms with Crippen molar-refractivity contribution in [2.75, 3.05) is 11.9 Å². The standard InChI is InChI=1S/C26H24N4O3S/c1-3-33-26(32)24-16-28-30(18(24)2)22-10-6-20(7-11-22)25(31)29-21-8-12-23(13-9-21)34-17-19-5-4-14-27-15-19/h4-16H,3,17H2,1-2H3,(H,29,31). The van der Waals surface area contributed by atoms with Crippen LogP contribution < -0.4 is 5.32 Å². The summed E-state index contributed by atoms with van der Waals surface area (Å²) in [5, 5.41) is 7.21. The van der Waals surface area contributed by atoms with Gasteiger partial charge in [0.1, 0.15) is 5.56 Å². The minimum atomic E-state index is -0.399. The van der Waals surface area contributed by atoms with Crippen molar-refractivity contribution >= 4 is 29.3 Å². The lowest BCUT2D eigenvalue weighted by Crippen LogP contribution is -2.12. The fraction of sp³-hybridized carbons (Fsp3) is 0.154. The number of esters is 1. The summed E-state index contributed by atoms with van der Waals surface area (Å²) < 4.78 is 6.71. The molecular formula is C26H24N4O3S. The van der Waals surface area contributed by atoms with E-state index in [1.807, 2.05) is 42.6 Å². The number of amides is 1. The van der Waals surface area contributed by atoms with Crippen molar-refractivity contribution < 1.29 is 14.3 Å². The summed E-state index contributed by atoms with van der Waals surface area (Å²) in [6, 6.07) is 18.8. The van der Waals surface area contributed by atoms with Gasteiger partial charge in [0, 0.05) is 34.3 Å². The first-order valence-corrected chi connectivity index (χ1v) is 11.8. The van der Waals surface area contributed by atoms with E-state index in [9.17, 15) is 9.59 Å². The SMILES string of the molecule is CCOC(=O)c1cnn(-c2ccc(C(=O)Nc3ccc(SCc4cccnc4)cc3)cc2)c1C. The second-order valence-electron chi connectivity index (χ2n) is 7.45. The lowest BCUT2D eigenvalue weighted by atomic mass is 10.2. The van der Waals surface area contributed by atoms with Crippen LogP contribution in [0.2, 0.25) is 0 Å². The average Bonchev–Trinajstić information content (AvgIpc) is 3.26. The van der Waals surface area contributed by atoms with Gasteiger partial charge in [0.2, 0.25) is 0 Å². The minimum absolute atomic E-state index is 0.202. The molecule has 2 heterocycles. The molecule has 1 N–H and O–H groups in total. The number of nitrogens with zero attached hydrogens (tertiary/aromatic N) is 3. The fourth-order valence-corrected chi connectivity index (χ4v) is 4.15. The summed E-state index contributed by atoms with van der Waals surface area (Å²) >= 11 is 1.71. The zero-order valence-electron chi connectivity index (χ0n) is 18.9. The van der Waals surface area contributed by atoms with Crippen molar-refractivity contribution in [1.29, 1.82) is 0 Å². The van der Waals surface area contributed by atoms with Gasteiger partial charge in [0.25, 0.3) is 5.91 Å². The molecule has 1 amide bonds. The Balaban J connectivity index is 1.37. The second kappa shape index (κ2) is 10.8. The van der Waals surface area contributed by atoms with Crippen molar-refractivity contribution in [2.45, 2.75) is 24.5 Å². The average molecular weight is 473 g/mol. The van der Waals surface area contributed by atoms with Gasteiger partial charge in [0.15, 0.2) is 0 Å². The lowest BCUT2D eigenvalue weighted by Gasteiger charge is -2.09. The van der Waals surface area contributed by atoms with Crippen LogP contribution >= 0.6 is 11.8 Å². The lowest BCUT2D eigenvalue weighted by molar-refractivity contribution is 0.0525. The molecule has 0 saturated heterocycles. The smallest absolute Gasteiger partial charge is 0.341 e. The van der Waals surface area contributed by atoms with E-state index in [0.717, 1.165) is 27.6 Å². The van der Waals surface area contributed by atoms with Gasteiger partial charge in [-0.05, 0) is 74.0 Å². The number of hydrogen-bond acceptors (Lipinski definition) is 6. The molecule has 2 aromatic carbocycles. The number of pyridine rings is 1. The van der Waals surface area contributed by atoms with E-state index in [0.29, 0.717) is 23.4 Å². The van der Waals surface area contributed by atoms with Crippen LogP contribution in [0.3, 0.4) is 0 Å². The van der Waals surface area contributed by atoms with Crippen LogP contribution in [0.15, 0.2) is 84.1 Å². The Morgan fingerprint density at radius 3 is 2.47 bits per heavy atom. The molecule has 172 valence electrons. The van der Waals surface area contributed by atoms with Gasteiger partial charge in [-0.1, -0.05) is 6.07 Å². The highest BCUT2D eigenvalue weighted by Gasteiger charge is 2.16. The molecule has 0 fully saturated rings. The molecule has 0 aliphatic carbocycles. The zero-order valence-corrected chi connectivity index (χ0v) is 19.7. The number of rotatable bonds is 8. The predicted molar refractivity (Wildman–Crippen MR) is 132 cm³/mol. The first-order chi connectivity index (χ1) is 16.5. The highest BCUT2D eigenvalue weighted by molar-refractivity contribution is 7.98. The molecule has 8 heteroatoms. The molecular weight excluding hydrogens is 448 g/mol. The largest absolute Gasteiger partial charge is 0.462 e. The number of nitrogens with one attached hydrogen (secondary N) is 1. The molecule has 0 radical (unpaired) electrons. The van der Waals surface area contributed by atoms with Gasteiger partial charge in [0.05, 0.1) is 24.2 Å². The summed E-state index contributed by atoms with van der Waals surface area (Å²) in [6.07, 6.45) is 5.12. The number of ether oxygens (including phenoxy) is 1. The summed E-state index contributed by atoms with van der Waals surface area (Å²) in [4.78, 5) is 29.9. The van der Waals surface area contributed by atoms with Gasteiger partial charge >= 0.3 is 5.97 Å². The van der Waals surface area contributed by atoms with E-state index >= 15 is 0 Å². The van der Waals surface area contributed by atoms with Crippen molar-refractivity contribution in [1.82, 2.24) is 14.8 Å². The number of carbonyl (C=O) groups excluding carboxylic acids is 2. The van der Waals surface area contributed by atoms with Crippen molar-refractivity contribution in [2.24, 2.45) is 0 Å². The summed E-state index contributed by atoms with van der Waals surface area (Å²) in [7, 11) is 0. The van der Waals surface area contributed by atoms with E-state index in [1.165, 1.54) is 6.20 Å². The normalized spacial score (nSPS) is 10.6. The molecule has 0 bridgehead atoms. The van der Waals surface area contributed by atoms with Crippen LogP contribution in [0.1, 0.15) is 38.9 Å². The minimum Gasteiger partial charge on any atom is -0.462 e. The Labute approximate surface area is 202 Å². The Bertz CT molecular complexity index is 1270. The number of hydrogen-bond donors (Lipinski definition) is 1. The Morgan fingerprint density at radius 2 is 1.79 bits per heavy atom. The Hall–Kier alpha value is -3.91. The van der Waals surface area contributed by atoms with E-state index in [4.69, 9.17) is 4.74 Å². The van der Waals surface area contributed by atoms with Crippen LogP contribution in [0, 0.1) is 6.92 Å². The molecule has 7 nitrogen and oxygen atoms in total. The number of anilines is 1. The molecule has 0 saturated carbocycles. The monoisotopic (exact) mass is 472 g/mol. The number of thioether (sulfide) groups is 1. The topological polar surface area (TPSA) is 86.1 Å². The fourth-order valence-electron chi connectivity index (χ4n) is 3.32. The predicted octanol–water partition coefficient (Wildman–Crippen LogP) is 5.30. The zero-order chi connectivity index (χ0) is 23.9. The highest BCUT2D eigenvalue weighted by Crippen LogP contribution is 2.24. The van der Waals surface area contributed by atoms with Gasteiger partial charge in [-0.25, -0.2) is 9.48 Å². The summed E-state index contributed by atoms with van der Waals surface area (Å²) in [6.45, 7) is 3.87. The quantitative estimate of drug-likeness (QED) is 0.277. The molecule has 0 spiro atoms. The maximum atomic E-state index is 12.7. The van der Waals surface area contributed by atoms with Crippen molar-refractivity contribution in [3.8, 4) is 5.69 Å². The van der Waals surface area contributed by atoms with Crippen LogP contribution in [-0.4, -0.2) is 33.2 Å². The highest BCUT2D eigenvalue weighted by atomic mass is 32.2. The van der Waals surface area contributed by atoms with Crippen molar-refractivity contribution in [3.05, 3.63) is 102 Å². The van der Waals surface area contributed by atoms with E-state index in [-0.39, 0.29) is 5.91 Å². The Morgan fingerprint density at radius 1 is 1.03 bits per heavy atom. The molecule has 0 atom stereocenters. The second-order valence-corrected chi connectivity index (χ2v) is 8.50. The summed E-state index contributed by atoms with van der Waals surface area (Å²) in [5.74, 6) is 0.235. The molecule has 0 unspecified atom stereocenters. The van der Waals surface area contributed by atoms with Crippen LogP contribution in [0.5, 0.6) is 0 Å². The van der Waals surface area contributed by atoms with E-state index in [2.05, 4.69) is 15.4 Å². The number of aromatic nitrogens is 3. The van der Waals surface area contributed by atoms with E-state index in [1.54, 1.807) is 60.8 Å². The maximum absolute atomic E-state index is 12.7. The first kappa shape index (κ1) is 23.3. The summed E-state index contributed by atoms with van der Waals surface area (Å²) in [5.41, 5.74) is 4.26.